The summed E-state index contributed by atoms with van der Waals surface area (Å²) in [5.74, 6) is 1.77. The summed E-state index contributed by atoms with van der Waals surface area (Å²) in [6.07, 6.45) is 5.62. The van der Waals surface area contributed by atoms with Crippen LogP contribution in [0, 0.1) is 0 Å². The Hall–Kier alpha value is -1.81. The van der Waals surface area contributed by atoms with E-state index in [9.17, 15) is 0 Å². The molecule has 2 aromatic rings. The van der Waals surface area contributed by atoms with Gasteiger partial charge in [0.05, 0.1) is 25.4 Å². The second kappa shape index (κ2) is 12.8. The van der Waals surface area contributed by atoms with Crippen LogP contribution in [0.25, 0.3) is 0 Å². The first kappa shape index (κ1) is 24.5. The second-order valence-electron chi connectivity index (χ2n) is 7.38. The highest BCUT2D eigenvalue weighted by atomic mass is 127. The topological polar surface area (TPSA) is 66.7 Å². The molecule has 1 saturated heterocycles. The molecule has 0 radical (unpaired) electrons. The normalized spacial score (nSPS) is 15.9. The zero-order chi connectivity index (χ0) is 20.5. The number of likely N-dealkylation sites (tertiary alicyclic amines) is 1. The van der Waals surface area contributed by atoms with Crippen LogP contribution in [0.1, 0.15) is 43.5 Å². The Kier molecular flexibility index (Phi) is 10.4. The number of nitrogens with zero attached hydrogens (tertiary/aromatic N) is 4. The van der Waals surface area contributed by atoms with Crippen LogP contribution in [-0.4, -0.2) is 53.9 Å². The van der Waals surface area contributed by atoms with Gasteiger partial charge in [0.2, 0.25) is 0 Å². The lowest BCUT2D eigenvalue weighted by Gasteiger charge is -2.35. The summed E-state index contributed by atoms with van der Waals surface area (Å²) in [6, 6.07) is 10.6. The standard InChI is InChI=1S/C22H34N6O.HI/c1-4-23-22(24-16-18-12-13-26-27(18)2)25-17-20(28-14-8-5-9-15-28)19-10-6-7-11-21(19)29-3;/h6-7,10-13,20H,4-5,8-9,14-17H2,1-3H3,(H2,23,24,25);1H. The maximum Gasteiger partial charge on any atom is 0.191 e. The molecule has 1 aliphatic heterocycles. The number of ether oxygens (including phenoxy) is 1. The van der Waals surface area contributed by atoms with Gasteiger partial charge in [-0.2, -0.15) is 5.10 Å². The van der Waals surface area contributed by atoms with Gasteiger partial charge in [-0.15, -0.1) is 24.0 Å². The highest BCUT2D eigenvalue weighted by Crippen LogP contribution is 2.30. The lowest BCUT2D eigenvalue weighted by atomic mass is 10.0. The summed E-state index contributed by atoms with van der Waals surface area (Å²) in [6.45, 7) is 6.51. The Morgan fingerprint density at radius 1 is 1.17 bits per heavy atom. The van der Waals surface area contributed by atoms with Crippen molar-refractivity contribution in [2.75, 3.05) is 33.3 Å². The fraction of sp³-hybridized carbons (Fsp3) is 0.545. The quantitative estimate of drug-likeness (QED) is 0.314. The van der Waals surface area contributed by atoms with Gasteiger partial charge in [0.25, 0.3) is 0 Å². The zero-order valence-electron chi connectivity index (χ0n) is 18.3. The summed E-state index contributed by atoms with van der Waals surface area (Å²) in [7, 11) is 3.69. The smallest absolute Gasteiger partial charge is 0.191 e. The molecule has 3 rings (SSSR count). The number of hydrogen-bond acceptors (Lipinski definition) is 4. The van der Waals surface area contributed by atoms with Crippen LogP contribution in [0.15, 0.2) is 41.5 Å². The Balaban J connectivity index is 0.00000320. The van der Waals surface area contributed by atoms with E-state index in [1.807, 2.05) is 29.9 Å². The lowest BCUT2D eigenvalue weighted by molar-refractivity contribution is 0.161. The molecule has 0 spiro atoms. The lowest BCUT2D eigenvalue weighted by Crippen LogP contribution is -2.44. The number of rotatable bonds is 8. The number of hydrogen-bond donors (Lipinski definition) is 2. The number of methoxy groups -OCH3 is 1. The molecule has 0 bridgehead atoms. The maximum absolute atomic E-state index is 5.67. The van der Waals surface area contributed by atoms with Crippen LogP contribution >= 0.6 is 24.0 Å². The molecule has 8 heteroatoms. The third kappa shape index (κ3) is 6.60. The summed E-state index contributed by atoms with van der Waals surface area (Å²) in [5.41, 5.74) is 2.31. The first-order valence-electron chi connectivity index (χ1n) is 10.6. The van der Waals surface area contributed by atoms with Crippen molar-refractivity contribution in [2.45, 2.75) is 38.8 Å². The van der Waals surface area contributed by atoms with Gasteiger partial charge in [-0.1, -0.05) is 24.6 Å². The van der Waals surface area contributed by atoms with E-state index in [0.29, 0.717) is 6.54 Å². The third-order valence-electron chi connectivity index (χ3n) is 5.46. The Bertz CT molecular complexity index is 787. The molecule has 0 amide bonds. The molecule has 2 heterocycles. The SMILES string of the molecule is CCNC(=NCc1ccnn1C)NCC(c1ccccc1OC)N1CCCCC1.I. The highest BCUT2D eigenvalue weighted by molar-refractivity contribution is 14.0. The van der Waals surface area contributed by atoms with E-state index < -0.39 is 0 Å². The molecular weight excluding hydrogens is 491 g/mol. The number of aryl methyl sites for hydroxylation is 1. The summed E-state index contributed by atoms with van der Waals surface area (Å²) in [5, 5.41) is 11.1. The van der Waals surface area contributed by atoms with Gasteiger partial charge in [-0.05, 0) is 45.0 Å². The predicted molar refractivity (Wildman–Crippen MR) is 133 cm³/mol. The first-order valence-corrected chi connectivity index (χ1v) is 10.6. The van der Waals surface area contributed by atoms with E-state index in [0.717, 1.165) is 43.6 Å². The third-order valence-corrected chi connectivity index (χ3v) is 5.46. The van der Waals surface area contributed by atoms with E-state index in [-0.39, 0.29) is 30.0 Å². The fourth-order valence-corrected chi connectivity index (χ4v) is 3.86. The molecule has 0 saturated carbocycles. The van der Waals surface area contributed by atoms with Crippen LogP contribution in [0.2, 0.25) is 0 Å². The van der Waals surface area contributed by atoms with Crippen molar-refractivity contribution < 1.29 is 4.74 Å². The number of piperidine rings is 1. The molecule has 1 aromatic heterocycles. The van der Waals surface area contributed by atoms with Gasteiger partial charge >= 0.3 is 0 Å². The van der Waals surface area contributed by atoms with Gasteiger partial charge < -0.3 is 15.4 Å². The van der Waals surface area contributed by atoms with E-state index in [2.05, 4.69) is 39.7 Å². The van der Waals surface area contributed by atoms with Crippen molar-refractivity contribution in [3.05, 3.63) is 47.8 Å². The largest absolute Gasteiger partial charge is 0.496 e. The molecule has 2 N–H and O–H groups in total. The molecule has 1 atom stereocenters. The molecular formula is C22H35IN6O. The minimum atomic E-state index is 0. The minimum Gasteiger partial charge on any atom is -0.496 e. The number of halogens is 1. The second-order valence-corrected chi connectivity index (χ2v) is 7.38. The Morgan fingerprint density at radius 3 is 2.60 bits per heavy atom. The minimum absolute atomic E-state index is 0. The van der Waals surface area contributed by atoms with Crippen molar-refractivity contribution in [3.8, 4) is 5.75 Å². The molecule has 166 valence electrons. The van der Waals surface area contributed by atoms with E-state index in [1.165, 1.54) is 24.8 Å². The molecule has 0 aliphatic carbocycles. The maximum atomic E-state index is 5.67. The summed E-state index contributed by atoms with van der Waals surface area (Å²) in [4.78, 5) is 7.32. The average molecular weight is 526 g/mol. The predicted octanol–water partition coefficient (Wildman–Crippen LogP) is 3.33. The van der Waals surface area contributed by atoms with Crippen LogP contribution in [0.5, 0.6) is 5.75 Å². The number of benzene rings is 1. The van der Waals surface area contributed by atoms with Crippen molar-refractivity contribution in [1.82, 2.24) is 25.3 Å². The molecule has 7 nitrogen and oxygen atoms in total. The van der Waals surface area contributed by atoms with Crippen molar-refractivity contribution in [1.29, 1.82) is 0 Å². The number of para-hydroxylation sites is 1. The molecule has 1 aromatic carbocycles. The van der Waals surface area contributed by atoms with Gasteiger partial charge in [0.15, 0.2) is 5.96 Å². The number of aromatic nitrogens is 2. The van der Waals surface area contributed by atoms with E-state index >= 15 is 0 Å². The molecule has 30 heavy (non-hydrogen) atoms. The summed E-state index contributed by atoms with van der Waals surface area (Å²) < 4.78 is 7.53. The monoisotopic (exact) mass is 526 g/mol. The van der Waals surface area contributed by atoms with Crippen molar-refractivity contribution >= 4 is 29.9 Å². The van der Waals surface area contributed by atoms with Gasteiger partial charge in [-0.25, -0.2) is 4.99 Å². The number of guanidine groups is 1. The van der Waals surface area contributed by atoms with Crippen molar-refractivity contribution in [2.24, 2.45) is 12.0 Å². The Morgan fingerprint density at radius 2 is 1.93 bits per heavy atom. The molecule has 1 unspecified atom stereocenters. The summed E-state index contributed by atoms with van der Waals surface area (Å²) >= 11 is 0. The van der Waals surface area contributed by atoms with Crippen LogP contribution in [0.3, 0.4) is 0 Å². The number of nitrogens with one attached hydrogen (secondary N) is 2. The van der Waals surface area contributed by atoms with E-state index in [4.69, 9.17) is 9.73 Å². The van der Waals surface area contributed by atoms with E-state index in [1.54, 1.807) is 13.3 Å². The highest BCUT2D eigenvalue weighted by Gasteiger charge is 2.25. The van der Waals surface area contributed by atoms with Gasteiger partial charge in [-0.3, -0.25) is 9.58 Å². The van der Waals surface area contributed by atoms with Crippen LogP contribution < -0.4 is 15.4 Å². The van der Waals surface area contributed by atoms with Crippen molar-refractivity contribution in [3.63, 3.8) is 0 Å². The van der Waals surface area contributed by atoms with Crippen LogP contribution in [-0.2, 0) is 13.6 Å². The molecule has 1 fully saturated rings. The van der Waals surface area contributed by atoms with Gasteiger partial charge in [0.1, 0.15) is 5.75 Å². The first-order chi connectivity index (χ1) is 14.2. The van der Waals surface area contributed by atoms with Gasteiger partial charge in [0, 0.05) is 31.9 Å². The van der Waals surface area contributed by atoms with Crippen LogP contribution in [0.4, 0.5) is 0 Å². The zero-order valence-corrected chi connectivity index (χ0v) is 20.6. The fourth-order valence-electron chi connectivity index (χ4n) is 3.86. The number of aliphatic imine (C=N–C) groups is 1. The Labute approximate surface area is 197 Å². The molecule has 1 aliphatic rings. The average Bonchev–Trinajstić information content (AvgIpc) is 3.18.